The summed E-state index contributed by atoms with van der Waals surface area (Å²) in [5.41, 5.74) is 0. The van der Waals surface area contributed by atoms with Crippen molar-refractivity contribution < 1.29 is 9.90 Å². The van der Waals surface area contributed by atoms with Crippen molar-refractivity contribution in [3.63, 3.8) is 0 Å². The highest BCUT2D eigenvalue weighted by molar-refractivity contribution is 5.78. The molecule has 0 aliphatic heterocycles. The Balaban J connectivity index is 3.69. The summed E-state index contributed by atoms with van der Waals surface area (Å²) in [6, 6.07) is 0. The van der Waals surface area contributed by atoms with Crippen LogP contribution in [0.5, 0.6) is 0 Å². The number of ketones is 1. The van der Waals surface area contributed by atoms with Gasteiger partial charge in [0.05, 0.1) is 6.10 Å². The first-order valence-corrected chi connectivity index (χ1v) is 4.63. The zero-order valence-electron chi connectivity index (χ0n) is 8.50. The quantitative estimate of drug-likeness (QED) is 0.688. The second kappa shape index (κ2) is 5.31. The molecule has 2 nitrogen and oxygen atoms in total. The largest absolute Gasteiger partial charge is 0.393 e. The van der Waals surface area contributed by atoms with Crippen molar-refractivity contribution in [1.82, 2.24) is 0 Å². The first-order valence-electron chi connectivity index (χ1n) is 4.63. The highest BCUT2D eigenvalue weighted by atomic mass is 16.3. The first kappa shape index (κ1) is 11.6. The molecule has 0 aliphatic carbocycles. The van der Waals surface area contributed by atoms with E-state index in [1.54, 1.807) is 6.92 Å². The summed E-state index contributed by atoms with van der Waals surface area (Å²) in [5.74, 6) is 0.786. The fraction of sp³-hybridized carbons (Fsp3) is 0.900. The van der Waals surface area contributed by atoms with Gasteiger partial charge >= 0.3 is 0 Å². The molecule has 2 atom stereocenters. The van der Waals surface area contributed by atoms with Gasteiger partial charge in [0, 0.05) is 12.8 Å². The van der Waals surface area contributed by atoms with Crippen molar-refractivity contribution in [3.8, 4) is 0 Å². The fourth-order valence-electron chi connectivity index (χ4n) is 1.07. The Hall–Kier alpha value is -0.370. The van der Waals surface area contributed by atoms with Crippen LogP contribution in [0.15, 0.2) is 0 Å². The molecule has 72 valence electrons. The molecule has 0 fully saturated rings. The highest BCUT2D eigenvalue weighted by Gasteiger charge is 2.14. The van der Waals surface area contributed by atoms with E-state index in [4.69, 9.17) is 5.11 Å². The topological polar surface area (TPSA) is 37.3 Å². The number of Topliss-reactive ketones (excluding diaryl/α,β-unsaturated/α-hetero) is 1. The van der Waals surface area contributed by atoms with Gasteiger partial charge in [-0.25, -0.2) is 0 Å². The van der Waals surface area contributed by atoms with E-state index >= 15 is 0 Å². The van der Waals surface area contributed by atoms with Crippen molar-refractivity contribution in [1.29, 1.82) is 0 Å². The SMILES string of the molecule is CC(C)CC(=O)CC(C)C(C)O. The number of aliphatic hydroxyl groups excluding tert-OH is 1. The van der Waals surface area contributed by atoms with Crippen LogP contribution in [-0.4, -0.2) is 17.0 Å². The number of aliphatic hydroxyl groups is 1. The first-order chi connectivity index (χ1) is 5.43. The molecule has 12 heavy (non-hydrogen) atoms. The van der Waals surface area contributed by atoms with Crippen LogP contribution in [0.2, 0.25) is 0 Å². The molecule has 2 unspecified atom stereocenters. The molecule has 0 rings (SSSR count). The number of hydrogen-bond donors (Lipinski definition) is 1. The van der Waals surface area contributed by atoms with Crippen LogP contribution in [0.1, 0.15) is 40.5 Å². The third kappa shape index (κ3) is 5.30. The van der Waals surface area contributed by atoms with Crippen molar-refractivity contribution in [2.45, 2.75) is 46.6 Å². The lowest BCUT2D eigenvalue weighted by molar-refractivity contribution is -0.121. The molecule has 1 N–H and O–H groups in total. The minimum atomic E-state index is -0.374. The van der Waals surface area contributed by atoms with Crippen LogP contribution < -0.4 is 0 Å². The average Bonchev–Trinajstić information content (AvgIpc) is 1.84. The lowest BCUT2D eigenvalue weighted by Crippen LogP contribution is -2.17. The number of carbonyl (C=O) groups excluding carboxylic acids is 1. The van der Waals surface area contributed by atoms with Crippen LogP contribution in [0, 0.1) is 11.8 Å². The van der Waals surface area contributed by atoms with E-state index < -0.39 is 0 Å². The maximum absolute atomic E-state index is 11.3. The molecule has 2 heteroatoms. The van der Waals surface area contributed by atoms with Gasteiger partial charge in [-0.2, -0.15) is 0 Å². The van der Waals surface area contributed by atoms with Crippen molar-refractivity contribution in [2.24, 2.45) is 11.8 Å². The summed E-state index contributed by atoms with van der Waals surface area (Å²) in [4.78, 5) is 11.3. The third-order valence-electron chi connectivity index (χ3n) is 2.01. The molecular formula is C10H20O2. The Kier molecular flexibility index (Phi) is 5.14. The van der Waals surface area contributed by atoms with E-state index in [1.807, 2.05) is 20.8 Å². The van der Waals surface area contributed by atoms with Crippen molar-refractivity contribution in [3.05, 3.63) is 0 Å². The molecule has 0 amide bonds. The van der Waals surface area contributed by atoms with Gasteiger partial charge in [0.1, 0.15) is 5.78 Å². The molecule has 0 saturated carbocycles. The normalized spacial score (nSPS) is 16.2. The molecule has 0 aliphatic rings. The standard InChI is InChI=1S/C10H20O2/c1-7(2)5-10(12)6-8(3)9(4)11/h7-9,11H,5-6H2,1-4H3. The summed E-state index contributed by atoms with van der Waals surface area (Å²) < 4.78 is 0. The van der Waals surface area contributed by atoms with Crippen LogP contribution in [0.3, 0.4) is 0 Å². The summed E-state index contributed by atoms with van der Waals surface area (Å²) in [5, 5.41) is 9.15. The predicted octanol–water partition coefficient (Wildman–Crippen LogP) is 2.01. The summed E-state index contributed by atoms with van der Waals surface area (Å²) in [6.45, 7) is 7.70. The summed E-state index contributed by atoms with van der Waals surface area (Å²) >= 11 is 0. The van der Waals surface area contributed by atoms with Gasteiger partial charge in [-0.05, 0) is 18.8 Å². The van der Waals surface area contributed by atoms with E-state index in [1.165, 1.54) is 0 Å². The van der Waals surface area contributed by atoms with Gasteiger partial charge in [0.25, 0.3) is 0 Å². The Labute approximate surface area is 75.0 Å². The Morgan fingerprint density at radius 1 is 1.17 bits per heavy atom. The molecule has 0 aromatic heterocycles. The van der Waals surface area contributed by atoms with E-state index in [9.17, 15) is 4.79 Å². The maximum atomic E-state index is 11.3. The van der Waals surface area contributed by atoms with Crippen LogP contribution >= 0.6 is 0 Å². The minimum Gasteiger partial charge on any atom is -0.393 e. The number of rotatable bonds is 5. The second-order valence-electron chi connectivity index (χ2n) is 4.06. The summed E-state index contributed by atoms with van der Waals surface area (Å²) in [6.07, 6.45) is 0.772. The lowest BCUT2D eigenvalue weighted by Gasteiger charge is -2.13. The molecule has 0 spiro atoms. The molecule has 0 bridgehead atoms. The number of carbonyl (C=O) groups is 1. The van der Waals surface area contributed by atoms with Gasteiger partial charge < -0.3 is 5.11 Å². The Morgan fingerprint density at radius 2 is 1.67 bits per heavy atom. The molecule has 0 saturated heterocycles. The molecular weight excluding hydrogens is 152 g/mol. The molecule has 0 heterocycles. The van der Waals surface area contributed by atoms with Crippen LogP contribution in [0.4, 0.5) is 0 Å². The van der Waals surface area contributed by atoms with Gasteiger partial charge in [-0.15, -0.1) is 0 Å². The monoisotopic (exact) mass is 172 g/mol. The fourth-order valence-corrected chi connectivity index (χ4v) is 1.07. The third-order valence-corrected chi connectivity index (χ3v) is 2.01. The Bertz CT molecular complexity index is 139. The van der Waals surface area contributed by atoms with Gasteiger partial charge in [0.2, 0.25) is 0 Å². The average molecular weight is 172 g/mol. The van der Waals surface area contributed by atoms with E-state index in [0.29, 0.717) is 18.8 Å². The van der Waals surface area contributed by atoms with Gasteiger partial charge in [-0.3, -0.25) is 4.79 Å². The van der Waals surface area contributed by atoms with Crippen molar-refractivity contribution >= 4 is 5.78 Å². The maximum Gasteiger partial charge on any atom is 0.133 e. The second-order valence-corrected chi connectivity index (χ2v) is 4.06. The van der Waals surface area contributed by atoms with Gasteiger partial charge in [-0.1, -0.05) is 20.8 Å². The van der Waals surface area contributed by atoms with Crippen molar-refractivity contribution in [2.75, 3.05) is 0 Å². The van der Waals surface area contributed by atoms with Gasteiger partial charge in [0.15, 0.2) is 0 Å². The summed E-state index contributed by atoms with van der Waals surface area (Å²) in [7, 11) is 0. The number of hydrogen-bond acceptors (Lipinski definition) is 2. The van der Waals surface area contributed by atoms with Crippen LogP contribution in [-0.2, 0) is 4.79 Å². The van der Waals surface area contributed by atoms with E-state index in [0.717, 1.165) is 0 Å². The smallest absolute Gasteiger partial charge is 0.133 e. The zero-order valence-corrected chi connectivity index (χ0v) is 8.50. The minimum absolute atomic E-state index is 0.0937. The van der Waals surface area contributed by atoms with Crippen LogP contribution in [0.25, 0.3) is 0 Å². The lowest BCUT2D eigenvalue weighted by atomic mass is 9.95. The molecule has 0 aromatic rings. The van der Waals surface area contributed by atoms with E-state index in [2.05, 4.69) is 0 Å². The zero-order chi connectivity index (χ0) is 9.72. The predicted molar refractivity (Wildman–Crippen MR) is 49.9 cm³/mol. The highest BCUT2D eigenvalue weighted by Crippen LogP contribution is 2.12. The molecule has 0 radical (unpaired) electrons. The Morgan fingerprint density at radius 3 is 2.00 bits per heavy atom. The van der Waals surface area contributed by atoms with E-state index in [-0.39, 0.29) is 17.8 Å². The molecule has 0 aromatic carbocycles.